The molecule has 0 fully saturated rings. The number of hydrogen-bond acceptors (Lipinski definition) is 2. The molecule has 0 bridgehead atoms. The van der Waals surface area contributed by atoms with E-state index in [-0.39, 0.29) is 5.15 Å². The van der Waals surface area contributed by atoms with Crippen LogP contribution in [0.5, 0.6) is 0 Å². The van der Waals surface area contributed by atoms with Crippen LogP contribution in [0.1, 0.15) is 20.3 Å². The van der Waals surface area contributed by atoms with Crippen LogP contribution in [0.2, 0.25) is 15.2 Å². The normalized spacial score (nSPS) is 12.6. The standard InChI is InChI=1S/C10H13Cl3N2/c1-3-6(2)5-14-10-8(12)4-7(11)9(13)15-10/h4,6H,3,5H2,1-2H3,(H,14,15). The first-order chi connectivity index (χ1) is 7.04. The van der Waals surface area contributed by atoms with E-state index in [2.05, 4.69) is 24.1 Å². The molecule has 0 saturated carbocycles. The van der Waals surface area contributed by atoms with E-state index in [1.54, 1.807) is 6.07 Å². The van der Waals surface area contributed by atoms with Crippen LogP contribution in [-0.2, 0) is 0 Å². The Morgan fingerprint density at radius 3 is 2.60 bits per heavy atom. The third-order valence-corrected chi connectivity index (χ3v) is 3.16. The Kier molecular flexibility index (Phi) is 4.97. The molecule has 2 nitrogen and oxygen atoms in total. The maximum atomic E-state index is 5.96. The fraction of sp³-hybridized carbons (Fsp3) is 0.500. The lowest BCUT2D eigenvalue weighted by atomic mass is 10.1. The van der Waals surface area contributed by atoms with Gasteiger partial charge in [-0.1, -0.05) is 55.1 Å². The topological polar surface area (TPSA) is 24.9 Å². The van der Waals surface area contributed by atoms with Gasteiger partial charge in [-0.15, -0.1) is 0 Å². The number of nitrogens with zero attached hydrogens (tertiary/aromatic N) is 1. The lowest BCUT2D eigenvalue weighted by Gasteiger charge is -2.12. The summed E-state index contributed by atoms with van der Waals surface area (Å²) in [6.45, 7) is 5.11. The number of hydrogen-bond donors (Lipinski definition) is 1. The van der Waals surface area contributed by atoms with Crippen molar-refractivity contribution < 1.29 is 0 Å². The first-order valence-electron chi connectivity index (χ1n) is 4.80. The van der Waals surface area contributed by atoms with Crippen LogP contribution >= 0.6 is 34.8 Å². The van der Waals surface area contributed by atoms with E-state index in [1.165, 1.54) is 0 Å². The van der Waals surface area contributed by atoms with E-state index in [1.807, 2.05) is 0 Å². The fourth-order valence-electron chi connectivity index (χ4n) is 0.983. The smallest absolute Gasteiger partial charge is 0.150 e. The second-order valence-electron chi connectivity index (χ2n) is 3.49. The Labute approximate surface area is 105 Å². The van der Waals surface area contributed by atoms with Crippen molar-refractivity contribution in [3.8, 4) is 0 Å². The summed E-state index contributed by atoms with van der Waals surface area (Å²) < 4.78 is 0. The summed E-state index contributed by atoms with van der Waals surface area (Å²) in [4.78, 5) is 4.07. The minimum atomic E-state index is 0.271. The van der Waals surface area contributed by atoms with Crippen LogP contribution in [0, 0.1) is 5.92 Å². The lowest BCUT2D eigenvalue weighted by Crippen LogP contribution is -2.11. The zero-order valence-electron chi connectivity index (χ0n) is 8.65. The molecule has 1 rings (SSSR count). The number of rotatable bonds is 4. The van der Waals surface area contributed by atoms with Crippen LogP contribution in [-0.4, -0.2) is 11.5 Å². The molecule has 0 aromatic carbocycles. The largest absolute Gasteiger partial charge is 0.369 e. The average Bonchev–Trinajstić information content (AvgIpc) is 2.21. The van der Waals surface area contributed by atoms with Gasteiger partial charge < -0.3 is 5.32 Å². The molecule has 0 aliphatic carbocycles. The van der Waals surface area contributed by atoms with Gasteiger partial charge in [0.2, 0.25) is 0 Å². The molecule has 1 aromatic heterocycles. The summed E-state index contributed by atoms with van der Waals surface area (Å²) in [5.41, 5.74) is 0. The summed E-state index contributed by atoms with van der Waals surface area (Å²) in [6, 6.07) is 1.59. The molecule has 1 unspecified atom stereocenters. The summed E-state index contributed by atoms with van der Waals surface area (Å²) >= 11 is 17.5. The van der Waals surface area contributed by atoms with Gasteiger partial charge in [0.1, 0.15) is 11.0 Å². The van der Waals surface area contributed by atoms with Gasteiger partial charge in [0.05, 0.1) is 10.0 Å². The zero-order chi connectivity index (χ0) is 11.4. The molecule has 1 aromatic rings. The maximum absolute atomic E-state index is 5.96. The quantitative estimate of drug-likeness (QED) is 0.813. The molecule has 0 aliphatic heterocycles. The molecule has 0 amide bonds. The molecule has 1 atom stereocenters. The Morgan fingerprint density at radius 2 is 2.00 bits per heavy atom. The van der Waals surface area contributed by atoms with E-state index in [0.29, 0.717) is 21.8 Å². The van der Waals surface area contributed by atoms with Crippen LogP contribution in [0.25, 0.3) is 0 Å². The molecule has 1 N–H and O–H groups in total. The Bertz CT molecular complexity index is 342. The van der Waals surface area contributed by atoms with Gasteiger partial charge in [0.15, 0.2) is 0 Å². The summed E-state index contributed by atoms with van der Waals surface area (Å²) in [5, 5.41) is 4.28. The highest BCUT2D eigenvalue weighted by Crippen LogP contribution is 2.28. The SMILES string of the molecule is CCC(C)CNc1nc(Cl)c(Cl)cc1Cl. The highest BCUT2D eigenvalue weighted by molar-refractivity contribution is 6.42. The molecule has 0 aliphatic rings. The summed E-state index contributed by atoms with van der Waals surface area (Å²) in [5.74, 6) is 1.16. The number of pyridine rings is 1. The predicted octanol–water partition coefficient (Wildman–Crippen LogP) is 4.50. The highest BCUT2D eigenvalue weighted by Gasteiger charge is 2.08. The Morgan fingerprint density at radius 1 is 1.33 bits per heavy atom. The second kappa shape index (κ2) is 5.78. The van der Waals surface area contributed by atoms with Crippen molar-refractivity contribution in [2.45, 2.75) is 20.3 Å². The molecular weight excluding hydrogens is 254 g/mol. The van der Waals surface area contributed by atoms with Gasteiger partial charge in [-0.25, -0.2) is 4.98 Å². The van der Waals surface area contributed by atoms with E-state index >= 15 is 0 Å². The number of halogens is 3. The number of anilines is 1. The van der Waals surface area contributed by atoms with Gasteiger partial charge in [-0.3, -0.25) is 0 Å². The Balaban J connectivity index is 2.73. The molecular formula is C10H13Cl3N2. The average molecular weight is 268 g/mol. The monoisotopic (exact) mass is 266 g/mol. The van der Waals surface area contributed by atoms with Gasteiger partial charge in [-0.2, -0.15) is 0 Å². The fourth-order valence-corrected chi connectivity index (χ4v) is 1.55. The maximum Gasteiger partial charge on any atom is 0.150 e. The molecule has 15 heavy (non-hydrogen) atoms. The molecule has 0 spiro atoms. The van der Waals surface area contributed by atoms with Crippen molar-refractivity contribution in [3.05, 3.63) is 21.3 Å². The highest BCUT2D eigenvalue weighted by atomic mass is 35.5. The summed E-state index contributed by atoms with van der Waals surface area (Å²) in [6.07, 6.45) is 1.10. The van der Waals surface area contributed by atoms with Crippen molar-refractivity contribution in [3.63, 3.8) is 0 Å². The molecule has 0 saturated heterocycles. The first kappa shape index (κ1) is 12.9. The third kappa shape index (κ3) is 3.71. The zero-order valence-corrected chi connectivity index (χ0v) is 10.9. The minimum Gasteiger partial charge on any atom is -0.369 e. The van der Waals surface area contributed by atoms with Crippen LogP contribution in [0.4, 0.5) is 5.82 Å². The second-order valence-corrected chi connectivity index (χ2v) is 4.66. The molecule has 0 radical (unpaired) electrons. The van der Waals surface area contributed by atoms with Gasteiger partial charge >= 0.3 is 0 Å². The minimum absolute atomic E-state index is 0.271. The van der Waals surface area contributed by atoms with Crippen molar-refractivity contribution in [2.75, 3.05) is 11.9 Å². The predicted molar refractivity (Wildman–Crippen MR) is 67.2 cm³/mol. The lowest BCUT2D eigenvalue weighted by molar-refractivity contribution is 0.592. The number of aromatic nitrogens is 1. The van der Waals surface area contributed by atoms with Crippen molar-refractivity contribution in [2.24, 2.45) is 5.92 Å². The van der Waals surface area contributed by atoms with Crippen LogP contribution in [0.3, 0.4) is 0 Å². The van der Waals surface area contributed by atoms with E-state index in [0.717, 1.165) is 13.0 Å². The third-order valence-electron chi connectivity index (χ3n) is 2.20. The van der Waals surface area contributed by atoms with E-state index in [9.17, 15) is 0 Å². The van der Waals surface area contributed by atoms with Gasteiger partial charge in [0, 0.05) is 6.54 Å². The van der Waals surface area contributed by atoms with Crippen molar-refractivity contribution in [1.82, 2.24) is 4.98 Å². The van der Waals surface area contributed by atoms with Crippen molar-refractivity contribution in [1.29, 1.82) is 0 Å². The van der Waals surface area contributed by atoms with E-state index < -0.39 is 0 Å². The Hall–Kier alpha value is -0.180. The summed E-state index contributed by atoms with van der Waals surface area (Å²) in [7, 11) is 0. The molecule has 1 heterocycles. The van der Waals surface area contributed by atoms with Crippen molar-refractivity contribution >= 4 is 40.6 Å². The van der Waals surface area contributed by atoms with Crippen LogP contribution < -0.4 is 5.32 Å². The van der Waals surface area contributed by atoms with Gasteiger partial charge in [0.25, 0.3) is 0 Å². The van der Waals surface area contributed by atoms with Crippen LogP contribution in [0.15, 0.2) is 6.07 Å². The molecule has 5 heteroatoms. The van der Waals surface area contributed by atoms with E-state index in [4.69, 9.17) is 34.8 Å². The first-order valence-corrected chi connectivity index (χ1v) is 5.93. The number of nitrogens with one attached hydrogen (secondary N) is 1. The molecule has 84 valence electrons. The van der Waals surface area contributed by atoms with Gasteiger partial charge in [-0.05, 0) is 12.0 Å².